The second kappa shape index (κ2) is 4.66. The summed E-state index contributed by atoms with van der Waals surface area (Å²) in [7, 11) is 0. The van der Waals surface area contributed by atoms with Gasteiger partial charge in [-0.1, -0.05) is 25.7 Å². The van der Waals surface area contributed by atoms with Gasteiger partial charge in [0.05, 0.1) is 6.10 Å². The van der Waals surface area contributed by atoms with E-state index in [0.29, 0.717) is 6.04 Å². The molecule has 0 spiro atoms. The normalized spacial score (nSPS) is 45.6. The fourth-order valence-electron chi connectivity index (χ4n) is 4.23. The molecule has 0 amide bonds. The zero-order valence-corrected chi connectivity index (χ0v) is 10.3. The van der Waals surface area contributed by atoms with Gasteiger partial charge in [0.2, 0.25) is 0 Å². The monoisotopic (exact) mass is 223 g/mol. The minimum atomic E-state index is -0.0334. The zero-order valence-electron chi connectivity index (χ0n) is 10.3. The summed E-state index contributed by atoms with van der Waals surface area (Å²) >= 11 is 0. The van der Waals surface area contributed by atoms with Crippen molar-refractivity contribution in [2.75, 3.05) is 13.1 Å². The lowest BCUT2D eigenvalue weighted by Crippen LogP contribution is -2.44. The van der Waals surface area contributed by atoms with Crippen molar-refractivity contribution in [3.8, 4) is 0 Å². The van der Waals surface area contributed by atoms with Gasteiger partial charge < -0.3 is 5.11 Å². The summed E-state index contributed by atoms with van der Waals surface area (Å²) in [5, 5.41) is 10.1. The first-order chi connectivity index (χ1) is 7.84. The van der Waals surface area contributed by atoms with Gasteiger partial charge in [-0.3, -0.25) is 4.90 Å². The van der Waals surface area contributed by atoms with Gasteiger partial charge in [-0.05, 0) is 37.5 Å². The van der Waals surface area contributed by atoms with Gasteiger partial charge in [0.25, 0.3) is 0 Å². The van der Waals surface area contributed by atoms with Crippen molar-refractivity contribution in [3.63, 3.8) is 0 Å². The van der Waals surface area contributed by atoms with Crippen LogP contribution in [-0.2, 0) is 0 Å². The van der Waals surface area contributed by atoms with Crippen LogP contribution in [0, 0.1) is 11.8 Å². The number of hydrogen-bond acceptors (Lipinski definition) is 2. The molecule has 0 radical (unpaired) electrons. The molecule has 3 fully saturated rings. The fourth-order valence-corrected chi connectivity index (χ4v) is 4.23. The topological polar surface area (TPSA) is 23.5 Å². The van der Waals surface area contributed by atoms with E-state index in [1.807, 2.05) is 0 Å². The SMILES string of the molecule is O[C@H]1CCCC[C@@H]1N1CC2CCCCC2C1. The molecule has 0 aromatic carbocycles. The smallest absolute Gasteiger partial charge is 0.0695 e. The van der Waals surface area contributed by atoms with Crippen molar-refractivity contribution in [3.05, 3.63) is 0 Å². The third-order valence-corrected chi connectivity index (χ3v) is 5.17. The van der Waals surface area contributed by atoms with Gasteiger partial charge in [0, 0.05) is 19.1 Å². The molecule has 16 heavy (non-hydrogen) atoms. The van der Waals surface area contributed by atoms with Crippen molar-refractivity contribution in [2.45, 2.75) is 63.5 Å². The summed E-state index contributed by atoms with van der Waals surface area (Å²) < 4.78 is 0. The fraction of sp³-hybridized carbons (Fsp3) is 1.00. The van der Waals surface area contributed by atoms with E-state index >= 15 is 0 Å². The Balaban J connectivity index is 1.63. The summed E-state index contributed by atoms with van der Waals surface area (Å²) in [5.41, 5.74) is 0. The molecule has 2 aliphatic carbocycles. The Morgan fingerprint density at radius 3 is 1.94 bits per heavy atom. The minimum Gasteiger partial charge on any atom is -0.391 e. The number of nitrogens with zero attached hydrogens (tertiary/aromatic N) is 1. The lowest BCUT2D eigenvalue weighted by Gasteiger charge is -2.35. The highest BCUT2D eigenvalue weighted by Crippen LogP contribution is 2.38. The minimum absolute atomic E-state index is 0.0334. The van der Waals surface area contributed by atoms with E-state index in [-0.39, 0.29) is 6.10 Å². The molecular formula is C14H25NO. The molecule has 3 rings (SSSR count). The van der Waals surface area contributed by atoms with Crippen LogP contribution in [0.5, 0.6) is 0 Å². The van der Waals surface area contributed by atoms with Crippen LogP contribution in [0.1, 0.15) is 51.4 Å². The molecule has 92 valence electrons. The Morgan fingerprint density at radius 1 is 0.750 bits per heavy atom. The zero-order chi connectivity index (χ0) is 11.0. The third kappa shape index (κ3) is 2.02. The number of rotatable bonds is 1. The lowest BCUT2D eigenvalue weighted by molar-refractivity contribution is 0.0284. The van der Waals surface area contributed by atoms with Gasteiger partial charge >= 0.3 is 0 Å². The summed E-state index contributed by atoms with van der Waals surface area (Å²) in [5.74, 6) is 1.92. The molecule has 2 unspecified atom stereocenters. The highest BCUT2D eigenvalue weighted by molar-refractivity contribution is 4.93. The first kappa shape index (κ1) is 11.0. The van der Waals surface area contributed by atoms with Crippen LogP contribution in [0.3, 0.4) is 0 Å². The molecule has 0 aromatic rings. The van der Waals surface area contributed by atoms with Crippen LogP contribution in [0.2, 0.25) is 0 Å². The van der Waals surface area contributed by atoms with E-state index in [4.69, 9.17) is 0 Å². The number of aliphatic hydroxyl groups excluding tert-OH is 1. The Morgan fingerprint density at radius 2 is 1.31 bits per heavy atom. The molecule has 1 heterocycles. The molecule has 0 aromatic heterocycles. The summed E-state index contributed by atoms with van der Waals surface area (Å²) in [6, 6.07) is 0.499. The average molecular weight is 223 g/mol. The molecule has 0 bridgehead atoms. The Bertz CT molecular complexity index is 229. The predicted octanol–water partition coefficient (Wildman–Crippen LogP) is 2.41. The van der Waals surface area contributed by atoms with Gasteiger partial charge in [-0.25, -0.2) is 0 Å². The molecule has 4 atom stereocenters. The molecular weight excluding hydrogens is 198 g/mol. The molecule has 1 aliphatic heterocycles. The van der Waals surface area contributed by atoms with Crippen LogP contribution in [0.4, 0.5) is 0 Å². The number of fused-ring (bicyclic) bond motifs is 1. The van der Waals surface area contributed by atoms with E-state index in [1.165, 1.54) is 58.0 Å². The highest BCUT2D eigenvalue weighted by atomic mass is 16.3. The Kier molecular flexibility index (Phi) is 3.21. The van der Waals surface area contributed by atoms with Crippen molar-refractivity contribution < 1.29 is 5.11 Å². The van der Waals surface area contributed by atoms with Crippen LogP contribution in [0.25, 0.3) is 0 Å². The standard InChI is InChI=1S/C14H25NO/c16-14-8-4-3-7-13(14)15-9-11-5-1-2-6-12(11)10-15/h11-14,16H,1-10H2/t11?,12?,13-,14-/m0/s1. The van der Waals surface area contributed by atoms with Gasteiger partial charge in [0.15, 0.2) is 0 Å². The second-order valence-electron chi connectivity index (χ2n) is 6.18. The quantitative estimate of drug-likeness (QED) is 0.738. The van der Waals surface area contributed by atoms with Crippen LogP contribution >= 0.6 is 0 Å². The summed E-state index contributed by atoms with van der Waals surface area (Å²) in [4.78, 5) is 2.63. The molecule has 2 heteroatoms. The van der Waals surface area contributed by atoms with Crippen LogP contribution < -0.4 is 0 Å². The van der Waals surface area contributed by atoms with Crippen molar-refractivity contribution >= 4 is 0 Å². The summed E-state index contributed by atoms with van der Waals surface area (Å²) in [6.07, 6.45) is 10.6. The highest BCUT2D eigenvalue weighted by Gasteiger charge is 2.39. The molecule has 2 nitrogen and oxygen atoms in total. The average Bonchev–Trinajstić information content (AvgIpc) is 2.73. The van der Waals surface area contributed by atoms with Crippen molar-refractivity contribution in [2.24, 2.45) is 11.8 Å². The maximum absolute atomic E-state index is 10.1. The maximum Gasteiger partial charge on any atom is 0.0695 e. The van der Waals surface area contributed by atoms with Gasteiger partial charge in [-0.15, -0.1) is 0 Å². The maximum atomic E-state index is 10.1. The largest absolute Gasteiger partial charge is 0.391 e. The van der Waals surface area contributed by atoms with E-state index in [1.54, 1.807) is 0 Å². The van der Waals surface area contributed by atoms with E-state index in [2.05, 4.69) is 4.90 Å². The van der Waals surface area contributed by atoms with Crippen LogP contribution in [0.15, 0.2) is 0 Å². The van der Waals surface area contributed by atoms with E-state index < -0.39 is 0 Å². The second-order valence-corrected chi connectivity index (χ2v) is 6.18. The molecule has 3 aliphatic rings. The van der Waals surface area contributed by atoms with Gasteiger partial charge in [-0.2, -0.15) is 0 Å². The van der Waals surface area contributed by atoms with Crippen LogP contribution in [-0.4, -0.2) is 35.2 Å². The van der Waals surface area contributed by atoms with E-state index in [9.17, 15) is 5.11 Å². The molecule has 2 saturated carbocycles. The number of likely N-dealkylation sites (tertiary alicyclic amines) is 1. The summed E-state index contributed by atoms with van der Waals surface area (Å²) in [6.45, 7) is 2.57. The lowest BCUT2D eigenvalue weighted by atomic mass is 9.82. The Labute approximate surface area is 99.0 Å². The van der Waals surface area contributed by atoms with E-state index in [0.717, 1.165) is 18.3 Å². The number of hydrogen-bond donors (Lipinski definition) is 1. The van der Waals surface area contributed by atoms with Crippen molar-refractivity contribution in [1.29, 1.82) is 0 Å². The molecule has 1 N–H and O–H groups in total. The first-order valence-electron chi connectivity index (χ1n) is 7.27. The molecule has 1 saturated heterocycles. The first-order valence-corrected chi connectivity index (χ1v) is 7.27. The predicted molar refractivity (Wildman–Crippen MR) is 65.3 cm³/mol. The van der Waals surface area contributed by atoms with Gasteiger partial charge in [0.1, 0.15) is 0 Å². The third-order valence-electron chi connectivity index (χ3n) is 5.17. The number of aliphatic hydroxyl groups is 1. The van der Waals surface area contributed by atoms with Crippen molar-refractivity contribution in [1.82, 2.24) is 4.90 Å². The Hall–Kier alpha value is -0.0800.